The van der Waals surface area contributed by atoms with E-state index >= 15 is 0 Å². The number of aromatic nitrogens is 3. The molecule has 0 spiro atoms. The van der Waals surface area contributed by atoms with Crippen molar-refractivity contribution in [3.05, 3.63) is 66.3 Å². The molecule has 3 aromatic rings. The van der Waals surface area contributed by atoms with Gasteiger partial charge in [-0.1, -0.05) is 18.2 Å². The SMILES string of the molecule is Cc1ccncc1N(Cc1nc(OCCCO)c2ccccc2n1)C(=O)/C=C/C1CC1. The molecule has 1 aliphatic rings. The standard InChI is InChI=1S/C24H26N4O3/c1-17-11-12-25-15-21(17)28(23(30)10-9-18-7-8-18)16-22-26-20-6-3-2-5-19(20)24(27-22)31-14-4-13-29/h2-3,5-6,9-12,15,18,29H,4,7-8,13-14,16H2,1H3/b10-9+. The topological polar surface area (TPSA) is 88.4 Å². The van der Waals surface area contributed by atoms with Gasteiger partial charge in [0.15, 0.2) is 5.82 Å². The number of pyridine rings is 1. The number of para-hydroxylation sites is 1. The highest BCUT2D eigenvalue weighted by molar-refractivity contribution is 6.01. The number of rotatable bonds is 9. The van der Waals surface area contributed by atoms with Gasteiger partial charge in [0, 0.05) is 19.2 Å². The average molecular weight is 418 g/mol. The number of hydrogen-bond donors (Lipinski definition) is 1. The maximum atomic E-state index is 13.1. The Morgan fingerprint density at radius 3 is 2.87 bits per heavy atom. The zero-order chi connectivity index (χ0) is 21.6. The monoisotopic (exact) mass is 418 g/mol. The molecule has 0 atom stereocenters. The average Bonchev–Trinajstić information content (AvgIpc) is 3.61. The van der Waals surface area contributed by atoms with Crippen LogP contribution in [0.4, 0.5) is 5.69 Å². The number of benzene rings is 1. The number of nitrogens with zero attached hydrogens (tertiary/aromatic N) is 4. The molecule has 0 aliphatic heterocycles. The van der Waals surface area contributed by atoms with Crippen LogP contribution in [0.2, 0.25) is 0 Å². The summed E-state index contributed by atoms with van der Waals surface area (Å²) in [6, 6.07) is 9.49. The number of carbonyl (C=O) groups is 1. The van der Waals surface area contributed by atoms with Crippen molar-refractivity contribution in [3.8, 4) is 5.88 Å². The zero-order valence-corrected chi connectivity index (χ0v) is 17.6. The van der Waals surface area contributed by atoms with Gasteiger partial charge in [0.1, 0.15) is 0 Å². The fourth-order valence-corrected chi connectivity index (χ4v) is 3.27. The third kappa shape index (κ3) is 5.24. The summed E-state index contributed by atoms with van der Waals surface area (Å²) < 4.78 is 5.82. The van der Waals surface area contributed by atoms with E-state index in [1.807, 2.05) is 43.3 Å². The van der Waals surface area contributed by atoms with Gasteiger partial charge < -0.3 is 9.84 Å². The van der Waals surface area contributed by atoms with Crippen LogP contribution in [-0.2, 0) is 11.3 Å². The first kappa shape index (κ1) is 20.9. The Bertz CT molecular complexity index is 1100. The molecule has 1 aromatic carbocycles. The first-order valence-electron chi connectivity index (χ1n) is 10.6. The number of allylic oxidation sites excluding steroid dienone is 1. The van der Waals surface area contributed by atoms with Crippen LogP contribution in [0.1, 0.15) is 30.7 Å². The molecule has 2 heterocycles. The van der Waals surface area contributed by atoms with Crippen LogP contribution in [0.3, 0.4) is 0 Å². The van der Waals surface area contributed by atoms with Gasteiger partial charge in [0.05, 0.1) is 35.9 Å². The molecule has 1 amide bonds. The van der Waals surface area contributed by atoms with E-state index in [4.69, 9.17) is 9.84 Å². The summed E-state index contributed by atoms with van der Waals surface area (Å²) in [5.74, 6) is 1.32. The molecule has 160 valence electrons. The smallest absolute Gasteiger partial charge is 0.251 e. The number of aryl methyl sites for hydroxylation is 1. The van der Waals surface area contributed by atoms with Gasteiger partial charge >= 0.3 is 0 Å². The molecular formula is C24H26N4O3. The highest BCUT2D eigenvalue weighted by atomic mass is 16.5. The largest absolute Gasteiger partial charge is 0.477 e. The third-order valence-corrected chi connectivity index (χ3v) is 5.16. The second-order valence-corrected chi connectivity index (χ2v) is 7.67. The Balaban J connectivity index is 1.68. The maximum absolute atomic E-state index is 13.1. The number of amides is 1. The number of fused-ring (bicyclic) bond motifs is 1. The molecule has 7 heteroatoms. The molecule has 0 saturated heterocycles. The molecule has 4 rings (SSSR count). The zero-order valence-electron chi connectivity index (χ0n) is 17.6. The molecule has 1 N–H and O–H groups in total. The summed E-state index contributed by atoms with van der Waals surface area (Å²) in [7, 11) is 0. The minimum Gasteiger partial charge on any atom is -0.477 e. The van der Waals surface area contributed by atoms with E-state index in [-0.39, 0.29) is 19.1 Å². The Labute approximate surface area is 181 Å². The number of hydrogen-bond acceptors (Lipinski definition) is 6. The molecule has 7 nitrogen and oxygen atoms in total. The molecular weight excluding hydrogens is 392 g/mol. The van der Waals surface area contributed by atoms with Crippen LogP contribution in [0.5, 0.6) is 5.88 Å². The van der Waals surface area contributed by atoms with Crippen LogP contribution >= 0.6 is 0 Å². The van der Waals surface area contributed by atoms with Gasteiger partial charge in [-0.3, -0.25) is 14.7 Å². The number of carbonyl (C=O) groups excluding carboxylic acids is 1. The summed E-state index contributed by atoms with van der Waals surface area (Å²) in [6.07, 6.45) is 9.81. The normalized spacial score (nSPS) is 13.6. The predicted molar refractivity (Wildman–Crippen MR) is 119 cm³/mol. The van der Waals surface area contributed by atoms with Crippen molar-refractivity contribution in [3.63, 3.8) is 0 Å². The van der Waals surface area contributed by atoms with Crippen molar-refractivity contribution >= 4 is 22.5 Å². The van der Waals surface area contributed by atoms with Crippen LogP contribution in [0, 0.1) is 12.8 Å². The molecule has 1 fully saturated rings. The minimum absolute atomic E-state index is 0.0474. The molecule has 0 unspecified atom stereocenters. The minimum atomic E-state index is -0.123. The summed E-state index contributed by atoms with van der Waals surface area (Å²) in [4.78, 5) is 28.2. The Morgan fingerprint density at radius 2 is 2.10 bits per heavy atom. The fraction of sp³-hybridized carbons (Fsp3) is 0.333. The van der Waals surface area contributed by atoms with Crippen molar-refractivity contribution in [1.82, 2.24) is 15.0 Å². The van der Waals surface area contributed by atoms with Gasteiger partial charge in [-0.2, -0.15) is 4.98 Å². The summed E-state index contributed by atoms with van der Waals surface area (Å²) in [5.41, 5.74) is 2.42. The lowest BCUT2D eigenvalue weighted by Gasteiger charge is -2.22. The summed E-state index contributed by atoms with van der Waals surface area (Å²) in [5, 5.41) is 9.87. The van der Waals surface area contributed by atoms with E-state index < -0.39 is 0 Å². The van der Waals surface area contributed by atoms with Gasteiger partial charge in [-0.05, 0) is 55.5 Å². The van der Waals surface area contributed by atoms with Crippen molar-refractivity contribution in [2.24, 2.45) is 5.92 Å². The van der Waals surface area contributed by atoms with Gasteiger partial charge in [-0.15, -0.1) is 0 Å². The molecule has 1 saturated carbocycles. The van der Waals surface area contributed by atoms with Gasteiger partial charge in [-0.25, -0.2) is 4.98 Å². The van der Waals surface area contributed by atoms with Crippen molar-refractivity contribution in [2.75, 3.05) is 18.1 Å². The second kappa shape index (κ2) is 9.66. The van der Waals surface area contributed by atoms with E-state index in [0.29, 0.717) is 30.7 Å². The Morgan fingerprint density at radius 1 is 1.26 bits per heavy atom. The van der Waals surface area contributed by atoms with Gasteiger partial charge in [0.2, 0.25) is 5.88 Å². The van der Waals surface area contributed by atoms with Crippen molar-refractivity contribution in [1.29, 1.82) is 0 Å². The number of aliphatic hydroxyl groups is 1. The first-order valence-corrected chi connectivity index (χ1v) is 10.6. The fourth-order valence-electron chi connectivity index (χ4n) is 3.27. The number of ether oxygens (including phenoxy) is 1. The number of aliphatic hydroxyl groups excluding tert-OH is 1. The van der Waals surface area contributed by atoms with E-state index in [9.17, 15) is 4.79 Å². The van der Waals surface area contributed by atoms with Gasteiger partial charge in [0.25, 0.3) is 5.91 Å². The highest BCUT2D eigenvalue weighted by Crippen LogP contribution is 2.30. The second-order valence-electron chi connectivity index (χ2n) is 7.67. The first-order chi connectivity index (χ1) is 15.2. The third-order valence-electron chi connectivity index (χ3n) is 5.16. The highest BCUT2D eigenvalue weighted by Gasteiger charge is 2.22. The molecule has 2 aromatic heterocycles. The van der Waals surface area contributed by atoms with E-state index in [0.717, 1.165) is 35.0 Å². The Kier molecular flexibility index (Phi) is 6.52. The quantitative estimate of drug-likeness (QED) is 0.422. The van der Waals surface area contributed by atoms with E-state index in [1.54, 1.807) is 23.4 Å². The lowest BCUT2D eigenvalue weighted by atomic mass is 10.2. The number of anilines is 1. The maximum Gasteiger partial charge on any atom is 0.251 e. The predicted octanol–water partition coefficient (Wildman–Crippen LogP) is 3.59. The lowest BCUT2D eigenvalue weighted by molar-refractivity contribution is -0.114. The molecule has 0 bridgehead atoms. The van der Waals surface area contributed by atoms with Crippen LogP contribution < -0.4 is 9.64 Å². The molecule has 31 heavy (non-hydrogen) atoms. The molecule has 1 aliphatic carbocycles. The Hall–Kier alpha value is -3.32. The summed E-state index contributed by atoms with van der Waals surface area (Å²) >= 11 is 0. The van der Waals surface area contributed by atoms with Crippen LogP contribution in [0.15, 0.2) is 54.9 Å². The van der Waals surface area contributed by atoms with E-state index in [2.05, 4.69) is 15.0 Å². The lowest BCUT2D eigenvalue weighted by Crippen LogP contribution is -2.30. The van der Waals surface area contributed by atoms with Crippen LogP contribution in [-0.4, -0.2) is 39.2 Å². The van der Waals surface area contributed by atoms with Crippen molar-refractivity contribution < 1.29 is 14.6 Å². The van der Waals surface area contributed by atoms with Crippen molar-refractivity contribution in [2.45, 2.75) is 32.7 Å². The summed E-state index contributed by atoms with van der Waals surface area (Å²) in [6.45, 7) is 2.55. The van der Waals surface area contributed by atoms with E-state index in [1.165, 1.54) is 0 Å². The van der Waals surface area contributed by atoms with Crippen LogP contribution in [0.25, 0.3) is 10.9 Å². The molecule has 0 radical (unpaired) electrons.